The standard InChI is InChI=1S/C35H54N2O4Si/c1-23-13-14-24(2)32(26(23)4)21-37-34(40)17-28-12-10-11-27(16-28)15-25(3)36-22-33(41-42(8,9)35(5,6)7)29-18-30(38)20-31(39)19-29/h10-13,16,18,20,24-25,31,33,36,38-39H,14-15,17,19,21-22H2,1-9H3,(H,37,40)/t24?,25-,31?,33+/m1/s1. The molecule has 0 fully saturated rings. The Morgan fingerprint density at radius 2 is 1.88 bits per heavy atom. The van der Waals surface area contributed by atoms with Crippen LogP contribution >= 0.6 is 0 Å². The Bertz CT molecular complexity index is 1240. The van der Waals surface area contributed by atoms with Crippen LogP contribution in [0.4, 0.5) is 0 Å². The molecule has 0 saturated carbocycles. The van der Waals surface area contributed by atoms with Crippen LogP contribution in [0.3, 0.4) is 0 Å². The summed E-state index contributed by atoms with van der Waals surface area (Å²) in [6, 6.07) is 8.45. The first kappa shape index (κ1) is 34.0. The third-order valence-electron chi connectivity index (χ3n) is 9.27. The Balaban J connectivity index is 1.60. The van der Waals surface area contributed by atoms with Crippen molar-refractivity contribution in [1.82, 2.24) is 10.6 Å². The monoisotopic (exact) mass is 594 g/mol. The second-order valence-corrected chi connectivity index (χ2v) is 18.7. The number of hydrogen-bond acceptors (Lipinski definition) is 5. The van der Waals surface area contributed by atoms with Crippen LogP contribution in [0.5, 0.6) is 0 Å². The molecule has 1 amide bonds. The Hall–Kier alpha value is -2.45. The SMILES string of the molecule is CC1=CCC(C)C(CNC(=O)Cc2cccc(C[C@@H](C)NC[C@H](O[Si](C)(C)C(C)(C)C)C3=CC(O)=CC(O)C3)c2)=C1C. The van der Waals surface area contributed by atoms with E-state index in [1.165, 1.54) is 28.4 Å². The highest BCUT2D eigenvalue weighted by Gasteiger charge is 2.40. The third kappa shape index (κ3) is 9.53. The molecule has 1 aromatic carbocycles. The molecular weight excluding hydrogens is 540 g/mol. The summed E-state index contributed by atoms with van der Waals surface area (Å²) in [6.45, 7) is 21.0. The summed E-state index contributed by atoms with van der Waals surface area (Å²) in [4.78, 5) is 12.8. The molecule has 1 aromatic rings. The van der Waals surface area contributed by atoms with E-state index in [0.717, 1.165) is 24.0 Å². The van der Waals surface area contributed by atoms with Crippen LogP contribution in [0.25, 0.3) is 0 Å². The predicted octanol–water partition coefficient (Wildman–Crippen LogP) is 6.69. The number of carbonyl (C=O) groups excluding carboxylic acids is 1. The van der Waals surface area contributed by atoms with E-state index in [4.69, 9.17) is 4.43 Å². The number of benzene rings is 1. The lowest BCUT2D eigenvalue weighted by Gasteiger charge is -2.40. The normalized spacial score (nSPS) is 21.3. The number of aliphatic hydroxyl groups is 2. The van der Waals surface area contributed by atoms with E-state index >= 15 is 0 Å². The van der Waals surface area contributed by atoms with E-state index in [-0.39, 0.29) is 28.9 Å². The first-order chi connectivity index (χ1) is 19.6. The molecule has 4 atom stereocenters. The van der Waals surface area contributed by atoms with Crippen molar-refractivity contribution in [3.63, 3.8) is 0 Å². The molecule has 0 bridgehead atoms. The Kier molecular flexibility index (Phi) is 11.6. The van der Waals surface area contributed by atoms with Gasteiger partial charge in [0.15, 0.2) is 8.32 Å². The minimum atomic E-state index is -2.10. The van der Waals surface area contributed by atoms with Gasteiger partial charge in [0.05, 0.1) is 18.6 Å². The second-order valence-electron chi connectivity index (χ2n) is 13.9. The first-order valence-electron chi connectivity index (χ1n) is 15.5. The van der Waals surface area contributed by atoms with Crippen LogP contribution < -0.4 is 10.6 Å². The molecule has 6 nitrogen and oxygen atoms in total. The zero-order chi connectivity index (χ0) is 31.2. The molecule has 7 heteroatoms. The Morgan fingerprint density at radius 1 is 1.19 bits per heavy atom. The molecule has 0 heterocycles. The molecule has 0 aromatic heterocycles. The van der Waals surface area contributed by atoms with E-state index in [1.807, 2.05) is 12.1 Å². The molecule has 232 valence electrons. The van der Waals surface area contributed by atoms with E-state index in [2.05, 4.69) is 90.4 Å². The predicted molar refractivity (Wildman–Crippen MR) is 176 cm³/mol. The van der Waals surface area contributed by atoms with Gasteiger partial charge in [0, 0.05) is 25.6 Å². The van der Waals surface area contributed by atoms with Crippen LogP contribution in [0.1, 0.15) is 72.4 Å². The van der Waals surface area contributed by atoms with Gasteiger partial charge in [-0.05, 0) is 97.7 Å². The lowest BCUT2D eigenvalue weighted by atomic mass is 9.85. The quantitative estimate of drug-likeness (QED) is 0.202. The lowest BCUT2D eigenvalue weighted by molar-refractivity contribution is -0.120. The molecule has 2 aliphatic rings. The molecule has 0 radical (unpaired) electrons. The van der Waals surface area contributed by atoms with Crippen LogP contribution in [0, 0.1) is 5.92 Å². The van der Waals surface area contributed by atoms with Crippen molar-refractivity contribution >= 4 is 14.2 Å². The van der Waals surface area contributed by atoms with E-state index in [1.54, 1.807) is 6.08 Å². The number of rotatable bonds is 12. The van der Waals surface area contributed by atoms with E-state index < -0.39 is 14.4 Å². The molecule has 2 unspecified atom stereocenters. The molecular formula is C35H54N2O4Si. The maximum Gasteiger partial charge on any atom is 0.224 e. The summed E-state index contributed by atoms with van der Waals surface area (Å²) >= 11 is 0. The van der Waals surface area contributed by atoms with Gasteiger partial charge >= 0.3 is 0 Å². The van der Waals surface area contributed by atoms with Gasteiger partial charge in [-0.3, -0.25) is 4.79 Å². The summed E-state index contributed by atoms with van der Waals surface area (Å²) < 4.78 is 6.80. The highest BCUT2D eigenvalue weighted by Crippen LogP contribution is 2.38. The summed E-state index contributed by atoms with van der Waals surface area (Å²) in [5.41, 5.74) is 7.05. The largest absolute Gasteiger partial charge is 0.508 e. The minimum absolute atomic E-state index is 0.0374. The molecule has 0 aliphatic heterocycles. The molecule has 0 saturated heterocycles. The number of allylic oxidation sites excluding steroid dienone is 4. The first-order valence-corrected chi connectivity index (χ1v) is 18.4. The van der Waals surface area contributed by atoms with Gasteiger partial charge in [0.25, 0.3) is 0 Å². The molecule has 0 spiro atoms. The fourth-order valence-electron chi connectivity index (χ4n) is 5.42. The summed E-state index contributed by atoms with van der Waals surface area (Å²) in [7, 11) is -2.10. The van der Waals surface area contributed by atoms with Crippen LogP contribution in [-0.4, -0.2) is 55.8 Å². The number of nitrogens with one attached hydrogen (secondary N) is 2. The van der Waals surface area contributed by atoms with Gasteiger partial charge in [-0.1, -0.05) is 63.6 Å². The van der Waals surface area contributed by atoms with Crippen LogP contribution in [0.2, 0.25) is 18.1 Å². The highest BCUT2D eigenvalue weighted by molar-refractivity contribution is 6.74. The van der Waals surface area contributed by atoms with Crippen molar-refractivity contribution in [3.05, 3.63) is 81.7 Å². The summed E-state index contributed by atoms with van der Waals surface area (Å²) in [5, 5.41) is 27.3. The van der Waals surface area contributed by atoms with E-state index in [9.17, 15) is 15.0 Å². The summed E-state index contributed by atoms with van der Waals surface area (Å²) in [6.07, 6.45) is 7.22. The number of hydrogen-bond donors (Lipinski definition) is 4. The highest BCUT2D eigenvalue weighted by atomic mass is 28.4. The molecule has 42 heavy (non-hydrogen) atoms. The van der Waals surface area contributed by atoms with Gasteiger partial charge in [-0.15, -0.1) is 0 Å². The Labute approximate surface area is 255 Å². The average molecular weight is 595 g/mol. The number of carbonyl (C=O) groups is 1. The smallest absolute Gasteiger partial charge is 0.224 e. The van der Waals surface area contributed by atoms with Gasteiger partial charge in [0.2, 0.25) is 5.91 Å². The fourth-order valence-corrected chi connectivity index (χ4v) is 6.72. The molecule has 2 aliphatic carbocycles. The van der Waals surface area contributed by atoms with Gasteiger partial charge in [-0.2, -0.15) is 0 Å². The fraction of sp³-hybridized carbons (Fsp3) is 0.571. The Morgan fingerprint density at radius 3 is 2.55 bits per heavy atom. The third-order valence-corrected chi connectivity index (χ3v) is 13.8. The molecule has 3 rings (SSSR count). The van der Waals surface area contributed by atoms with Crippen LogP contribution in [0.15, 0.2) is 70.5 Å². The van der Waals surface area contributed by atoms with Gasteiger partial charge < -0.3 is 25.3 Å². The zero-order valence-electron chi connectivity index (χ0n) is 27.3. The van der Waals surface area contributed by atoms with Crippen molar-refractivity contribution in [1.29, 1.82) is 0 Å². The van der Waals surface area contributed by atoms with Crippen molar-refractivity contribution in [3.8, 4) is 0 Å². The minimum Gasteiger partial charge on any atom is -0.508 e. The average Bonchev–Trinajstić information content (AvgIpc) is 2.87. The zero-order valence-corrected chi connectivity index (χ0v) is 28.3. The topological polar surface area (TPSA) is 90.8 Å². The van der Waals surface area contributed by atoms with Crippen molar-refractivity contribution < 1.29 is 19.4 Å². The maximum absolute atomic E-state index is 12.8. The van der Waals surface area contributed by atoms with E-state index in [0.29, 0.717) is 31.8 Å². The van der Waals surface area contributed by atoms with Crippen molar-refractivity contribution in [2.45, 2.75) is 111 Å². The number of amides is 1. The summed E-state index contributed by atoms with van der Waals surface area (Å²) in [5.74, 6) is 0.595. The van der Waals surface area contributed by atoms with Crippen molar-refractivity contribution in [2.75, 3.05) is 13.1 Å². The number of aliphatic hydroxyl groups excluding tert-OH is 2. The van der Waals surface area contributed by atoms with Gasteiger partial charge in [0.1, 0.15) is 5.76 Å². The second kappa shape index (κ2) is 14.3. The maximum atomic E-state index is 12.8. The molecule has 4 N–H and O–H groups in total. The lowest BCUT2D eigenvalue weighted by Crippen LogP contribution is -2.48. The van der Waals surface area contributed by atoms with Gasteiger partial charge in [-0.25, -0.2) is 0 Å². The van der Waals surface area contributed by atoms with Crippen LogP contribution in [-0.2, 0) is 22.1 Å². The van der Waals surface area contributed by atoms with Crippen molar-refractivity contribution in [2.24, 2.45) is 5.92 Å².